The molecule has 0 fully saturated rings. The Hall–Kier alpha value is -2.33. The molecule has 0 aromatic heterocycles. The molecular weight excluding hydrogens is 429 g/mol. The molecule has 162 valence electrons. The van der Waals surface area contributed by atoms with Gasteiger partial charge in [-0.25, -0.2) is 0 Å². The van der Waals surface area contributed by atoms with Gasteiger partial charge in [-0.15, -0.1) is 12.4 Å². The van der Waals surface area contributed by atoms with Gasteiger partial charge in [0, 0.05) is 37.0 Å². The summed E-state index contributed by atoms with van der Waals surface area (Å²) >= 11 is 6.38. The van der Waals surface area contributed by atoms with Crippen molar-refractivity contribution in [1.29, 1.82) is 0 Å². The Bertz CT molecular complexity index is 1080. The van der Waals surface area contributed by atoms with Crippen LogP contribution in [0.2, 0.25) is 5.02 Å². The van der Waals surface area contributed by atoms with Crippen molar-refractivity contribution in [3.8, 4) is 5.75 Å². The molecule has 1 heterocycles. The largest absolute Gasteiger partial charge is 0.495 e. The van der Waals surface area contributed by atoms with Crippen LogP contribution in [0.4, 0.5) is 0 Å². The van der Waals surface area contributed by atoms with Gasteiger partial charge in [0.05, 0.1) is 12.1 Å². The van der Waals surface area contributed by atoms with Crippen LogP contribution in [0.15, 0.2) is 72.3 Å². The molecule has 0 radical (unpaired) electrons. The van der Waals surface area contributed by atoms with Gasteiger partial charge in [-0.3, -0.25) is 9.69 Å². The molecular formula is C26H27Cl2NO2. The monoisotopic (exact) mass is 455 g/mol. The maximum absolute atomic E-state index is 12.7. The molecule has 31 heavy (non-hydrogen) atoms. The number of ether oxygens (including phenoxy) is 1. The third-order valence-electron chi connectivity index (χ3n) is 5.78. The maximum Gasteiger partial charge on any atom is 0.164 e. The summed E-state index contributed by atoms with van der Waals surface area (Å²) < 4.78 is 5.27. The van der Waals surface area contributed by atoms with E-state index in [1.54, 1.807) is 7.11 Å². The van der Waals surface area contributed by atoms with Crippen molar-refractivity contribution in [3.05, 3.63) is 88.5 Å². The molecule has 0 amide bonds. The number of nitrogens with zero attached hydrogens (tertiary/aromatic N) is 1. The van der Waals surface area contributed by atoms with E-state index in [1.165, 1.54) is 11.1 Å². The Kier molecular flexibility index (Phi) is 8.14. The SMILES string of the molecule is COc1ccc2cc(C(=O)CCN3CC=C(Cc4ccccc4)CC3)ccc2c1Cl.Cl. The highest BCUT2D eigenvalue weighted by molar-refractivity contribution is 6.37. The Morgan fingerprint density at radius 3 is 2.61 bits per heavy atom. The number of halogens is 2. The zero-order chi connectivity index (χ0) is 20.9. The summed E-state index contributed by atoms with van der Waals surface area (Å²) in [4.78, 5) is 15.1. The van der Waals surface area contributed by atoms with Crippen LogP contribution in [0.25, 0.3) is 10.8 Å². The van der Waals surface area contributed by atoms with Crippen LogP contribution in [0.5, 0.6) is 5.75 Å². The second-order valence-electron chi connectivity index (χ2n) is 7.77. The van der Waals surface area contributed by atoms with Gasteiger partial charge in [-0.1, -0.05) is 71.8 Å². The summed E-state index contributed by atoms with van der Waals surface area (Å²) in [7, 11) is 1.60. The standard InChI is InChI=1S/C26H26ClNO2.ClH/c1-30-25-10-8-21-18-22(7-9-23(21)26(25)27)24(29)13-16-28-14-11-20(12-15-28)17-19-5-3-2-4-6-19;/h2-11,18H,12-17H2,1H3;1H. The van der Waals surface area contributed by atoms with Gasteiger partial charge in [0.1, 0.15) is 5.75 Å². The van der Waals surface area contributed by atoms with E-state index in [9.17, 15) is 4.79 Å². The normalized spacial score (nSPS) is 14.1. The maximum atomic E-state index is 12.7. The van der Waals surface area contributed by atoms with E-state index in [4.69, 9.17) is 16.3 Å². The minimum atomic E-state index is 0. The average Bonchev–Trinajstić information content (AvgIpc) is 2.79. The van der Waals surface area contributed by atoms with Crippen molar-refractivity contribution in [2.24, 2.45) is 0 Å². The van der Waals surface area contributed by atoms with E-state index < -0.39 is 0 Å². The number of benzene rings is 3. The smallest absolute Gasteiger partial charge is 0.164 e. The van der Waals surface area contributed by atoms with E-state index in [2.05, 4.69) is 41.3 Å². The molecule has 0 atom stereocenters. The molecule has 3 aromatic carbocycles. The summed E-state index contributed by atoms with van der Waals surface area (Å²) in [5.41, 5.74) is 3.59. The highest BCUT2D eigenvalue weighted by Gasteiger charge is 2.15. The molecule has 5 heteroatoms. The number of carbonyl (C=O) groups is 1. The first-order chi connectivity index (χ1) is 14.6. The predicted octanol–water partition coefficient (Wildman–Crippen LogP) is 6.37. The first-order valence-corrected chi connectivity index (χ1v) is 10.8. The van der Waals surface area contributed by atoms with Crippen LogP contribution in [0.3, 0.4) is 0 Å². The number of carbonyl (C=O) groups excluding carboxylic acids is 1. The fourth-order valence-corrected chi connectivity index (χ4v) is 4.29. The first-order valence-electron chi connectivity index (χ1n) is 10.4. The number of rotatable bonds is 7. The number of ketones is 1. The minimum Gasteiger partial charge on any atom is -0.495 e. The molecule has 1 aliphatic heterocycles. The number of fused-ring (bicyclic) bond motifs is 1. The lowest BCUT2D eigenvalue weighted by Gasteiger charge is -2.26. The molecule has 4 rings (SSSR count). The fraction of sp³-hybridized carbons (Fsp3) is 0.269. The fourth-order valence-electron chi connectivity index (χ4n) is 3.98. The Morgan fingerprint density at radius 1 is 1.10 bits per heavy atom. The Morgan fingerprint density at radius 2 is 1.90 bits per heavy atom. The molecule has 3 nitrogen and oxygen atoms in total. The predicted molar refractivity (Wildman–Crippen MR) is 131 cm³/mol. The van der Waals surface area contributed by atoms with Crippen LogP contribution in [0, 0.1) is 0 Å². The van der Waals surface area contributed by atoms with E-state index in [0.29, 0.717) is 17.2 Å². The van der Waals surface area contributed by atoms with E-state index >= 15 is 0 Å². The van der Waals surface area contributed by atoms with E-state index in [-0.39, 0.29) is 18.2 Å². The van der Waals surface area contributed by atoms with Gasteiger partial charge >= 0.3 is 0 Å². The van der Waals surface area contributed by atoms with Crippen LogP contribution >= 0.6 is 24.0 Å². The molecule has 0 saturated carbocycles. The Balaban J connectivity index is 0.00000272. The minimum absolute atomic E-state index is 0. The molecule has 0 N–H and O–H groups in total. The zero-order valence-corrected chi connectivity index (χ0v) is 19.2. The number of hydrogen-bond acceptors (Lipinski definition) is 3. The lowest BCUT2D eigenvalue weighted by Crippen LogP contribution is -2.31. The van der Waals surface area contributed by atoms with Crippen LogP contribution < -0.4 is 4.74 Å². The van der Waals surface area contributed by atoms with Gasteiger partial charge in [-0.2, -0.15) is 0 Å². The topological polar surface area (TPSA) is 29.5 Å². The molecule has 1 aliphatic rings. The quantitative estimate of drug-likeness (QED) is 0.306. The summed E-state index contributed by atoms with van der Waals surface area (Å²) in [5.74, 6) is 0.816. The Labute approximate surface area is 195 Å². The molecule has 0 spiro atoms. The van der Waals surface area contributed by atoms with Crippen LogP contribution in [0.1, 0.15) is 28.8 Å². The van der Waals surface area contributed by atoms with Crippen molar-refractivity contribution in [1.82, 2.24) is 4.90 Å². The second-order valence-corrected chi connectivity index (χ2v) is 8.14. The molecule has 3 aromatic rings. The molecule has 0 unspecified atom stereocenters. The summed E-state index contributed by atoms with van der Waals surface area (Å²) in [6.45, 7) is 2.72. The van der Waals surface area contributed by atoms with Gasteiger partial charge in [-0.05, 0) is 35.9 Å². The van der Waals surface area contributed by atoms with Gasteiger partial charge in [0.2, 0.25) is 0 Å². The highest BCUT2D eigenvalue weighted by Crippen LogP contribution is 2.33. The van der Waals surface area contributed by atoms with Crippen molar-refractivity contribution in [2.45, 2.75) is 19.3 Å². The van der Waals surface area contributed by atoms with Gasteiger partial charge in [0.25, 0.3) is 0 Å². The van der Waals surface area contributed by atoms with Crippen molar-refractivity contribution >= 4 is 40.6 Å². The average molecular weight is 456 g/mol. The number of hydrogen-bond donors (Lipinski definition) is 0. The lowest BCUT2D eigenvalue weighted by atomic mass is 9.99. The summed E-state index contributed by atoms with van der Waals surface area (Å²) in [6, 6.07) is 20.1. The third kappa shape index (κ3) is 5.68. The first kappa shape index (κ1) is 23.3. The van der Waals surface area contributed by atoms with Crippen LogP contribution in [-0.2, 0) is 6.42 Å². The summed E-state index contributed by atoms with van der Waals surface area (Å²) in [5, 5.41) is 2.44. The molecule has 0 saturated heterocycles. The van der Waals surface area contributed by atoms with Crippen LogP contribution in [-0.4, -0.2) is 37.4 Å². The summed E-state index contributed by atoms with van der Waals surface area (Å²) in [6.07, 6.45) is 4.95. The van der Waals surface area contributed by atoms with E-state index in [1.807, 2.05) is 30.3 Å². The van der Waals surface area contributed by atoms with Crippen molar-refractivity contribution < 1.29 is 9.53 Å². The molecule has 0 bridgehead atoms. The highest BCUT2D eigenvalue weighted by atomic mass is 35.5. The van der Waals surface area contributed by atoms with E-state index in [0.717, 1.165) is 48.8 Å². The van der Waals surface area contributed by atoms with Gasteiger partial charge in [0.15, 0.2) is 5.78 Å². The zero-order valence-electron chi connectivity index (χ0n) is 17.6. The molecule has 0 aliphatic carbocycles. The van der Waals surface area contributed by atoms with Crippen molar-refractivity contribution in [2.75, 3.05) is 26.7 Å². The number of Topliss-reactive ketones (excluding diaryl/α,β-unsaturated/α-hetero) is 1. The second kappa shape index (κ2) is 10.8. The lowest BCUT2D eigenvalue weighted by molar-refractivity contribution is 0.0966. The van der Waals surface area contributed by atoms with Gasteiger partial charge < -0.3 is 4.74 Å². The van der Waals surface area contributed by atoms with Crippen molar-refractivity contribution in [3.63, 3.8) is 0 Å². The third-order valence-corrected chi connectivity index (χ3v) is 6.17. The number of methoxy groups -OCH3 is 1.